The molecule has 2 aromatic rings. The summed E-state index contributed by atoms with van der Waals surface area (Å²) in [7, 11) is 0. The highest BCUT2D eigenvalue weighted by Crippen LogP contribution is 2.15. The Hall–Kier alpha value is -4.39. The maximum Gasteiger partial charge on any atom is 0.343 e. The van der Waals surface area contributed by atoms with Crippen LogP contribution in [0.15, 0.2) is 98.0 Å². The monoisotopic (exact) mass is 490 g/mol. The highest BCUT2D eigenvalue weighted by molar-refractivity contribution is 5.91. The zero-order chi connectivity index (χ0) is 26.3. The molecular weight excluding hydrogens is 460 g/mol. The number of hydrogen-bond donors (Lipinski definition) is 0. The van der Waals surface area contributed by atoms with Gasteiger partial charge in [-0.3, -0.25) is 0 Å². The van der Waals surface area contributed by atoms with Gasteiger partial charge in [-0.05, 0) is 73.4 Å². The van der Waals surface area contributed by atoms with Crippen LogP contribution >= 0.6 is 0 Å². The molecule has 0 aliphatic rings. The number of benzene rings is 2. The van der Waals surface area contributed by atoms with Gasteiger partial charge in [0.1, 0.15) is 17.3 Å². The summed E-state index contributed by atoms with van der Waals surface area (Å²) in [6.45, 7) is 13.5. The van der Waals surface area contributed by atoms with Crippen LogP contribution < -0.4 is 4.74 Å². The molecule has 2 aromatic carbocycles. The summed E-state index contributed by atoms with van der Waals surface area (Å²) in [5.41, 5.74) is 1.84. The molecule has 188 valence electrons. The highest BCUT2D eigenvalue weighted by atomic mass is 16.5. The van der Waals surface area contributed by atoms with Crippen molar-refractivity contribution in [2.45, 2.75) is 26.2 Å². The molecule has 0 saturated carbocycles. The lowest BCUT2D eigenvalue weighted by molar-refractivity contribution is -0.137. The van der Waals surface area contributed by atoms with E-state index >= 15 is 0 Å². The van der Waals surface area contributed by atoms with E-state index < -0.39 is 17.9 Å². The van der Waals surface area contributed by atoms with Gasteiger partial charge >= 0.3 is 17.9 Å². The Morgan fingerprint density at radius 1 is 0.778 bits per heavy atom. The normalized spacial score (nSPS) is 10.4. The summed E-state index contributed by atoms with van der Waals surface area (Å²) in [5, 5.41) is 0. The first-order valence-electron chi connectivity index (χ1n) is 11.4. The van der Waals surface area contributed by atoms with Gasteiger partial charge in [0.15, 0.2) is 0 Å². The molecule has 0 unspecified atom stereocenters. The fourth-order valence-corrected chi connectivity index (χ4v) is 2.80. The average Bonchev–Trinajstić information content (AvgIpc) is 2.89. The molecule has 7 heteroatoms. The number of esters is 3. The highest BCUT2D eigenvalue weighted by Gasteiger charge is 2.10. The van der Waals surface area contributed by atoms with E-state index in [0.29, 0.717) is 42.9 Å². The summed E-state index contributed by atoms with van der Waals surface area (Å²) < 4.78 is 20.9. The van der Waals surface area contributed by atoms with E-state index in [1.165, 1.54) is 12.2 Å². The van der Waals surface area contributed by atoms with Crippen molar-refractivity contribution in [2.24, 2.45) is 0 Å². The zero-order valence-corrected chi connectivity index (χ0v) is 20.4. The molecule has 0 saturated heterocycles. The lowest BCUT2D eigenvalue weighted by Crippen LogP contribution is -2.05. The van der Waals surface area contributed by atoms with Crippen LogP contribution in [-0.2, 0) is 25.4 Å². The number of hydrogen-bond acceptors (Lipinski definition) is 7. The lowest BCUT2D eigenvalue weighted by atomic mass is 10.1. The number of allylic oxidation sites excluding steroid dienone is 2. The third-order valence-corrected chi connectivity index (χ3v) is 4.81. The van der Waals surface area contributed by atoms with Crippen LogP contribution in [0.4, 0.5) is 0 Å². The Balaban J connectivity index is 1.73. The number of carbonyl (C=O) groups excluding carboxylic acids is 3. The molecule has 0 fully saturated rings. The average molecular weight is 491 g/mol. The number of unbranched alkanes of at least 4 members (excludes halogenated alkanes) is 1. The number of rotatable bonds is 14. The maximum absolute atomic E-state index is 12.3. The van der Waals surface area contributed by atoms with E-state index in [9.17, 15) is 14.4 Å². The largest absolute Gasteiger partial charge is 0.494 e. The Morgan fingerprint density at radius 2 is 1.28 bits per heavy atom. The predicted molar refractivity (Wildman–Crippen MR) is 136 cm³/mol. The molecule has 0 atom stereocenters. The van der Waals surface area contributed by atoms with Crippen molar-refractivity contribution in [3.63, 3.8) is 0 Å². The van der Waals surface area contributed by atoms with E-state index in [-0.39, 0.29) is 11.5 Å². The lowest BCUT2D eigenvalue weighted by Gasteiger charge is -2.08. The van der Waals surface area contributed by atoms with Crippen LogP contribution in [0, 0.1) is 0 Å². The van der Waals surface area contributed by atoms with Crippen LogP contribution in [-0.4, -0.2) is 31.1 Å². The van der Waals surface area contributed by atoms with Gasteiger partial charge in [-0.1, -0.05) is 38.8 Å². The van der Waals surface area contributed by atoms with Crippen molar-refractivity contribution in [2.75, 3.05) is 13.2 Å². The first kappa shape index (κ1) is 27.9. The van der Waals surface area contributed by atoms with Crippen molar-refractivity contribution in [3.8, 4) is 5.75 Å². The minimum absolute atomic E-state index is 0.0574. The summed E-state index contributed by atoms with van der Waals surface area (Å²) >= 11 is 0. The maximum atomic E-state index is 12.3. The Morgan fingerprint density at radius 3 is 1.78 bits per heavy atom. The third-order valence-electron chi connectivity index (χ3n) is 4.81. The molecule has 0 heterocycles. The Bertz CT molecular complexity index is 1110. The Labute approximate surface area is 211 Å². The molecule has 0 radical (unpaired) electrons. The summed E-state index contributed by atoms with van der Waals surface area (Å²) in [6, 6.07) is 13.6. The van der Waals surface area contributed by atoms with Crippen LogP contribution in [0.5, 0.6) is 5.75 Å². The summed E-state index contributed by atoms with van der Waals surface area (Å²) in [5.74, 6) is -0.847. The van der Waals surface area contributed by atoms with Crippen LogP contribution in [0.2, 0.25) is 0 Å². The second-order valence-corrected chi connectivity index (χ2v) is 7.55. The number of aryl methyl sites for hydroxylation is 1. The topological polar surface area (TPSA) is 88.1 Å². The molecule has 0 N–H and O–H groups in total. The van der Waals surface area contributed by atoms with E-state index in [1.807, 2.05) is 19.1 Å². The van der Waals surface area contributed by atoms with E-state index in [4.69, 9.17) is 18.9 Å². The Kier molecular flexibility index (Phi) is 11.4. The van der Waals surface area contributed by atoms with Crippen LogP contribution in [0.25, 0.3) is 0 Å². The van der Waals surface area contributed by atoms with Crippen molar-refractivity contribution < 1.29 is 33.3 Å². The molecule has 0 aromatic heterocycles. The number of carbonyl (C=O) groups is 3. The number of ether oxygens (including phenoxy) is 4. The van der Waals surface area contributed by atoms with Crippen molar-refractivity contribution in [3.05, 3.63) is 115 Å². The van der Waals surface area contributed by atoms with Crippen LogP contribution in [0.3, 0.4) is 0 Å². The van der Waals surface area contributed by atoms with Gasteiger partial charge in [-0.2, -0.15) is 0 Å². The zero-order valence-electron chi connectivity index (χ0n) is 20.4. The first-order valence-corrected chi connectivity index (χ1v) is 11.4. The minimum atomic E-state index is -0.598. The minimum Gasteiger partial charge on any atom is -0.494 e. The van der Waals surface area contributed by atoms with E-state index in [0.717, 1.165) is 18.1 Å². The van der Waals surface area contributed by atoms with Gasteiger partial charge in [-0.25, -0.2) is 14.4 Å². The third kappa shape index (κ3) is 9.85. The quantitative estimate of drug-likeness (QED) is 0.0834. The molecule has 36 heavy (non-hydrogen) atoms. The van der Waals surface area contributed by atoms with Gasteiger partial charge in [0, 0.05) is 6.08 Å². The molecule has 2 rings (SSSR count). The van der Waals surface area contributed by atoms with E-state index in [1.54, 1.807) is 36.4 Å². The van der Waals surface area contributed by atoms with Gasteiger partial charge in [0.25, 0.3) is 0 Å². The standard InChI is InChI=1S/C29H30O7/c1-5-23-11-13-24(14-12-23)28(31)35-21(3)9-10-22(4)36-29(32)25-15-17-26(18-16-25)33-19-7-8-20-34-27(30)6-2/h6,9-18H,2-5,7-8,19-20H2,1H3/b10-9-. The molecule has 0 aliphatic carbocycles. The van der Waals surface area contributed by atoms with Crippen LogP contribution in [0.1, 0.15) is 46.0 Å². The molecular formula is C29H30O7. The fraction of sp³-hybridized carbons (Fsp3) is 0.207. The van der Waals surface area contributed by atoms with Crippen molar-refractivity contribution in [1.82, 2.24) is 0 Å². The predicted octanol–water partition coefficient (Wildman–Crippen LogP) is 5.73. The second-order valence-electron chi connectivity index (χ2n) is 7.55. The summed E-state index contributed by atoms with van der Waals surface area (Å²) in [6.07, 6.45) is 6.14. The smallest absolute Gasteiger partial charge is 0.343 e. The second kappa shape index (κ2) is 14.8. The fourth-order valence-electron chi connectivity index (χ4n) is 2.80. The van der Waals surface area contributed by atoms with Gasteiger partial charge in [-0.15, -0.1) is 0 Å². The van der Waals surface area contributed by atoms with Gasteiger partial charge in [0.2, 0.25) is 0 Å². The van der Waals surface area contributed by atoms with Crippen molar-refractivity contribution in [1.29, 1.82) is 0 Å². The summed E-state index contributed by atoms with van der Waals surface area (Å²) in [4.78, 5) is 35.5. The molecule has 0 spiro atoms. The molecule has 0 bridgehead atoms. The molecule has 0 amide bonds. The SMILES string of the molecule is C=CC(=O)OCCCCOc1ccc(C(=O)OC(=C)/C=C\C(=C)OC(=O)c2ccc(CC)cc2)cc1. The van der Waals surface area contributed by atoms with Gasteiger partial charge in [0.05, 0.1) is 24.3 Å². The molecule has 0 aliphatic heterocycles. The van der Waals surface area contributed by atoms with Gasteiger partial charge < -0.3 is 18.9 Å². The first-order chi connectivity index (χ1) is 17.3. The van der Waals surface area contributed by atoms with Crippen molar-refractivity contribution >= 4 is 17.9 Å². The van der Waals surface area contributed by atoms with E-state index in [2.05, 4.69) is 19.7 Å². The molecule has 7 nitrogen and oxygen atoms in total.